The van der Waals surface area contributed by atoms with Crippen molar-refractivity contribution in [1.82, 2.24) is 10.7 Å². The molecule has 0 fully saturated rings. The number of hydrazone groups is 1. The molecule has 0 bridgehead atoms. The van der Waals surface area contributed by atoms with Crippen molar-refractivity contribution in [1.29, 1.82) is 0 Å². The van der Waals surface area contributed by atoms with Crippen LogP contribution in [0.3, 0.4) is 0 Å². The second-order valence-electron chi connectivity index (χ2n) is 6.87. The van der Waals surface area contributed by atoms with Gasteiger partial charge in [-0.05, 0) is 61.4 Å². The van der Waals surface area contributed by atoms with Gasteiger partial charge < -0.3 is 19.5 Å². The van der Waals surface area contributed by atoms with Gasteiger partial charge in [-0.1, -0.05) is 13.3 Å². The zero-order chi connectivity index (χ0) is 23.2. The normalized spacial score (nSPS) is 10.6. The van der Waals surface area contributed by atoms with Crippen molar-refractivity contribution in [3.8, 4) is 17.2 Å². The van der Waals surface area contributed by atoms with E-state index in [1.807, 2.05) is 25.1 Å². The topological polar surface area (TPSA) is 98.2 Å². The van der Waals surface area contributed by atoms with E-state index in [2.05, 4.69) is 22.8 Å². The highest BCUT2D eigenvalue weighted by molar-refractivity contribution is 5.94. The summed E-state index contributed by atoms with van der Waals surface area (Å²) in [4.78, 5) is 24.1. The molecule has 0 saturated carbocycles. The molecule has 172 valence electrons. The highest BCUT2D eigenvalue weighted by Gasteiger charge is 2.08. The highest BCUT2D eigenvalue weighted by atomic mass is 16.5. The molecule has 0 radical (unpaired) electrons. The number of rotatable bonds is 13. The van der Waals surface area contributed by atoms with E-state index in [9.17, 15) is 9.59 Å². The van der Waals surface area contributed by atoms with Crippen LogP contribution in [-0.4, -0.2) is 44.9 Å². The first-order valence-electron chi connectivity index (χ1n) is 10.7. The summed E-state index contributed by atoms with van der Waals surface area (Å²) < 4.78 is 16.5. The first kappa shape index (κ1) is 24.7. The molecule has 2 rings (SSSR count). The number of carbonyl (C=O) groups is 2. The standard InChI is InChI=1S/C24H31N3O5/c1-4-6-15-32-21-12-7-18(16-22(21)31-5-2)17-26-27-23(28)13-14-25-24(29)19-8-10-20(30-3)11-9-19/h7-12,16-17H,4-6,13-15H2,1-3H3,(H,25,29)(H,27,28). The molecule has 0 heterocycles. The van der Waals surface area contributed by atoms with Gasteiger partial charge in [-0.2, -0.15) is 5.10 Å². The number of methoxy groups -OCH3 is 1. The van der Waals surface area contributed by atoms with E-state index in [4.69, 9.17) is 14.2 Å². The SMILES string of the molecule is CCCCOc1ccc(C=NNC(=O)CCNC(=O)c2ccc(OC)cc2)cc1OCC. The summed E-state index contributed by atoms with van der Waals surface area (Å²) in [7, 11) is 1.56. The van der Waals surface area contributed by atoms with Gasteiger partial charge in [0.15, 0.2) is 11.5 Å². The Morgan fingerprint density at radius 2 is 1.81 bits per heavy atom. The van der Waals surface area contributed by atoms with E-state index >= 15 is 0 Å². The number of carbonyl (C=O) groups excluding carboxylic acids is 2. The summed E-state index contributed by atoms with van der Waals surface area (Å²) in [5.74, 6) is 1.44. The predicted molar refractivity (Wildman–Crippen MR) is 124 cm³/mol. The van der Waals surface area contributed by atoms with Crippen LogP contribution in [0.5, 0.6) is 17.2 Å². The lowest BCUT2D eigenvalue weighted by Gasteiger charge is -2.12. The smallest absolute Gasteiger partial charge is 0.251 e. The summed E-state index contributed by atoms with van der Waals surface area (Å²) >= 11 is 0. The molecule has 2 amide bonds. The number of benzene rings is 2. The summed E-state index contributed by atoms with van der Waals surface area (Å²) in [6.45, 7) is 5.36. The minimum atomic E-state index is -0.305. The molecule has 0 aliphatic carbocycles. The molecular formula is C24H31N3O5. The van der Waals surface area contributed by atoms with Crippen molar-refractivity contribution in [2.75, 3.05) is 26.9 Å². The largest absolute Gasteiger partial charge is 0.497 e. The van der Waals surface area contributed by atoms with E-state index in [1.165, 1.54) is 6.21 Å². The Morgan fingerprint density at radius 1 is 1.03 bits per heavy atom. The van der Waals surface area contributed by atoms with E-state index in [1.54, 1.807) is 31.4 Å². The molecule has 0 aliphatic rings. The number of nitrogens with zero attached hydrogens (tertiary/aromatic N) is 1. The predicted octanol–water partition coefficient (Wildman–Crippen LogP) is 3.54. The monoisotopic (exact) mass is 441 g/mol. The van der Waals surface area contributed by atoms with Gasteiger partial charge in [0.25, 0.3) is 5.91 Å². The Hall–Kier alpha value is -3.55. The average molecular weight is 442 g/mol. The number of hydrogen-bond acceptors (Lipinski definition) is 6. The van der Waals surface area contributed by atoms with Crippen molar-refractivity contribution < 1.29 is 23.8 Å². The first-order valence-corrected chi connectivity index (χ1v) is 10.7. The molecule has 0 aliphatic heterocycles. The maximum atomic E-state index is 12.1. The molecular weight excluding hydrogens is 410 g/mol. The van der Waals surface area contributed by atoms with Gasteiger partial charge in [-0.25, -0.2) is 5.43 Å². The van der Waals surface area contributed by atoms with Crippen LogP contribution < -0.4 is 25.0 Å². The minimum Gasteiger partial charge on any atom is -0.497 e. The third-order valence-electron chi connectivity index (χ3n) is 4.42. The molecule has 0 unspecified atom stereocenters. The third kappa shape index (κ3) is 8.29. The van der Waals surface area contributed by atoms with Gasteiger partial charge >= 0.3 is 0 Å². The van der Waals surface area contributed by atoms with E-state index in [-0.39, 0.29) is 24.8 Å². The number of unbranched alkanes of at least 4 members (excludes halogenated alkanes) is 1. The summed E-state index contributed by atoms with van der Waals surface area (Å²) in [6.07, 6.45) is 3.67. The van der Waals surface area contributed by atoms with Crippen LogP contribution in [-0.2, 0) is 4.79 Å². The second-order valence-corrected chi connectivity index (χ2v) is 6.87. The number of ether oxygens (including phenoxy) is 3. The number of hydrogen-bond donors (Lipinski definition) is 2. The lowest BCUT2D eigenvalue weighted by Crippen LogP contribution is -2.29. The van der Waals surface area contributed by atoms with Gasteiger partial charge in [0.2, 0.25) is 5.91 Å². The molecule has 8 nitrogen and oxygen atoms in total. The van der Waals surface area contributed by atoms with Gasteiger partial charge in [-0.3, -0.25) is 9.59 Å². The first-order chi connectivity index (χ1) is 15.6. The quantitative estimate of drug-likeness (QED) is 0.281. The Labute approximate surface area is 188 Å². The second kappa shape index (κ2) is 13.7. The van der Waals surface area contributed by atoms with Crippen LogP contribution >= 0.6 is 0 Å². The van der Waals surface area contributed by atoms with Crippen molar-refractivity contribution in [3.05, 3.63) is 53.6 Å². The Kier molecular flexibility index (Phi) is 10.6. The Morgan fingerprint density at radius 3 is 2.50 bits per heavy atom. The lowest BCUT2D eigenvalue weighted by atomic mass is 10.2. The van der Waals surface area contributed by atoms with Crippen LogP contribution in [0.15, 0.2) is 47.6 Å². The molecule has 8 heteroatoms. The van der Waals surface area contributed by atoms with Crippen LogP contribution in [0.1, 0.15) is 49.0 Å². The van der Waals surface area contributed by atoms with Crippen molar-refractivity contribution in [3.63, 3.8) is 0 Å². The van der Waals surface area contributed by atoms with Gasteiger partial charge in [0.05, 0.1) is 26.5 Å². The van der Waals surface area contributed by atoms with E-state index in [0.29, 0.717) is 36.0 Å². The molecule has 0 atom stereocenters. The zero-order valence-corrected chi connectivity index (χ0v) is 18.8. The van der Waals surface area contributed by atoms with Gasteiger partial charge in [-0.15, -0.1) is 0 Å². The number of amides is 2. The Balaban J connectivity index is 1.79. The van der Waals surface area contributed by atoms with Crippen LogP contribution in [0.25, 0.3) is 0 Å². The average Bonchev–Trinajstić information content (AvgIpc) is 2.80. The Bertz CT molecular complexity index is 897. The van der Waals surface area contributed by atoms with Crippen molar-refractivity contribution in [2.24, 2.45) is 5.10 Å². The van der Waals surface area contributed by atoms with Crippen molar-refractivity contribution in [2.45, 2.75) is 33.1 Å². The van der Waals surface area contributed by atoms with Gasteiger partial charge in [0.1, 0.15) is 5.75 Å². The van der Waals surface area contributed by atoms with Crippen LogP contribution in [0.2, 0.25) is 0 Å². The fraction of sp³-hybridized carbons (Fsp3) is 0.375. The van der Waals surface area contributed by atoms with Crippen molar-refractivity contribution >= 4 is 18.0 Å². The molecule has 0 saturated heterocycles. The fourth-order valence-electron chi connectivity index (χ4n) is 2.69. The summed E-state index contributed by atoms with van der Waals surface area (Å²) in [6, 6.07) is 12.2. The molecule has 2 N–H and O–H groups in total. The van der Waals surface area contributed by atoms with E-state index < -0.39 is 0 Å². The summed E-state index contributed by atoms with van der Waals surface area (Å²) in [5.41, 5.74) is 3.72. The van der Waals surface area contributed by atoms with E-state index in [0.717, 1.165) is 18.4 Å². The van der Waals surface area contributed by atoms with Crippen LogP contribution in [0.4, 0.5) is 0 Å². The maximum absolute atomic E-state index is 12.1. The highest BCUT2D eigenvalue weighted by Crippen LogP contribution is 2.28. The fourth-order valence-corrected chi connectivity index (χ4v) is 2.69. The lowest BCUT2D eigenvalue weighted by molar-refractivity contribution is -0.120. The molecule has 0 spiro atoms. The van der Waals surface area contributed by atoms with Gasteiger partial charge in [0, 0.05) is 18.5 Å². The van der Waals surface area contributed by atoms with Crippen LogP contribution in [0, 0.1) is 0 Å². The molecule has 2 aromatic rings. The maximum Gasteiger partial charge on any atom is 0.251 e. The molecule has 0 aromatic heterocycles. The minimum absolute atomic E-state index is 0.105. The third-order valence-corrected chi connectivity index (χ3v) is 4.42. The number of nitrogens with one attached hydrogen (secondary N) is 2. The summed E-state index contributed by atoms with van der Waals surface area (Å²) in [5, 5.41) is 6.68. The molecule has 2 aromatic carbocycles. The zero-order valence-electron chi connectivity index (χ0n) is 18.8. The molecule has 32 heavy (non-hydrogen) atoms.